The highest BCUT2D eigenvalue weighted by Gasteiger charge is 2.36. The van der Waals surface area contributed by atoms with Crippen LogP contribution in [0.5, 0.6) is 11.5 Å². The van der Waals surface area contributed by atoms with Gasteiger partial charge in [0.15, 0.2) is 0 Å². The number of carboxylic acid groups (broad SMARTS) is 1. The molecule has 0 radical (unpaired) electrons. The number of rotatable bonds is 6. The summed E-state index contributed by atoms with van der Waals surface area (Å²) < 4.78 is 6.03. The van der Waals surface area contributed by atoms with Crippen molar-refractivity contribution < 1.29 is 14.6 Å². The maximum Gasteiger partial charge on any atom is 0.320 e. The predicted molar refractivity (Wildman–Crippen MR) is 113 cm³/mol. The Hall–Kier alpha value is -3.11. The van der Waals surface area contributed by atoms with E-state index in [1.54, 1.807) is 0 Å². The lowest BCUT2D eigenvalue weighted by atomic mass is 9.95. The summed E-state index contributed by atoms with van der Waals surface area (Å²) in [6, 6.07) is 25.4. The van der Waals surface area contributed by atoms with Crippen LogP contribution in [0.1, 0.15) is 35.6 Å². The molecule has 3 aromatic carbocycles. The lowest BCUT2D eigenvalue weighted by Gasteiger charge is -2.32. The zero-order valence-electron chi connectivity index (χ0n) is 16.5. The molecule has 0 spiro atoms. The van der Waals surface area contributed by atoms with Crippen LogP contribution in [-0.4, -0.2) is 28.6 Å². The number of aliphatic carboxylic acids is 1. The van der Waals surface area contributed by atoms with Crippen molar-refractivity contribution in [3.63, 3.8) is 0 Å². The fourth-order valence-corrected chi connectivity index (χ4v) is 4.15. The summed E-state index contributed by atoms with van der Waals surface area (Å²) in [6.07, 6.45) is 1.57. The predicted octanol–water partition coefficient (Wildman–Crippen LogP) is 5.43. The Morgan fingerprint density at radius 3 is 2.38 bits per heavy atom. The molecule has 4 rings (SSSR count). The van der Waals surface area contributed by atoms with Gasteiger partial charge in [-0.15, -0.1) is 0 Å². The van der Waals surface area contributed by atoms with Crippen LogP contribution < -0.4 is 4.74 Å². The SMILES string of the molecule is Cc1cccc(C(c2cccc(Oc3ccccc3)c2)N2CCCC2C(=O)O)c1. The van der Waals surface area contributed by atoms with Crippen LogP contribution in [0.15, 0.2) is 78.9 Å². The van der Waals surface area contributed by atoms with Crippen molar-refractivity contribution in [3.05, 3.63) is 95.6 Å². The molecule has 29 heavy (non-hydrogen) atoms. The highest BCUT2D eigenvalue weighted by atomic mass is 16.5. The maximum atomic E-state index is 11.9. The molecule has 4 nitrogen and oxygen atoms in total. The molecular weight excluding hydrogens is 362 g/mol. The van der Waals surface area contributed by atoms with Gasteiger partial charge >= 0.3 is 5.97 Å². The van der Waals surface area contributed by atoms with E-state index < -0.39 is 12.0 Å². The van der Waals surface area contributed by atoms with Crippen LogP contribution in [0.3, 0.4) is 0 Å². The van der Waals surface area contributed by atoms with Crippen molar-refractivity contribution in [1.29, 1.82) is 0 Å². The van der Waals surface area contributed by atoms with Crippen molar-refractivity contribution in [2.75, 3.05) is 6.54 Å². The lowest BCUT2D eigenvalue weighted by Crippen LogP contribution is -2.39. The van der Waals surface area contributed by atoms with Crippen molar-refractivity contribution in [3.8, 4) is 11.5 Å². The van der Waals surface area contributed by atoms with E-state index in [0.717, 1.165) is 41.2 Å². The quantitative estimate of drug-likeness (QED) is 0.613. The average molecular weight is 387 g/mol. The first-order chi connectivity index (χ1) is 14.1. The first kappa shape index (κ1) is 19.2. The monoisotopic (exact) mass is 387 g/mol. The van der Waals surface area contributed by atoms with Crippen LogP contribution in [0.25, 0.3) is 0 Å². The molecule has 1 fully saturated rings. The van der Waals surface area contributed by atoms with E-state index in [1.165, 1.54) is 0 Å². The van der Waals surface area contributed by atoms with Crippen molar-refractivity contribution in [1.82, 2.24) is 4.90 Å². The Morgan fingerprint density at radius 2 is 1.66 bits per heavy atom. The van der Waals surface area contributed by atoms with Gasteiger partial charge in [0, 0.05) is 6.54 Å². The van der Waals surface area contributed by atoms with Gasteiger partial charge in [-0.3, -0.25) is 9.69 Å². The van der Waals surface area contributed by atoms with E-state index in [4.69, 9.17) is 4.74 Å². The number of carbonyl (C=O) groups is 1. The second kappa shape index (κ2) is 8.50. The van der Waals surface area contributed by atoms with Gasteiger partial charge < -0.3 is 9.84 Å². The molecule has 0 bridgehead atoms. The number of likely N-dealkylation sites (tertiary alicyclic amines) is 1. The first-order valence-corrected chi connectivity index (χ1v) is 10.00. The Balaban J connectivity index is 1.73. The van der Waals surface area contributed by atoms with Crippen LogP contribution in [-0.2, 0) is 4.79 Å². The summed E-state index contributed by atoms with van der Waals surface area (Å²) in [6.45, 7) is 2.83. The molecular formula is C25H25NO3. The minimum atomic E-state index is -0.753. The summed E-state index contributed by atoms with van der Waals surface area (Å²) in [5.41, 5.74) is 3.31. The Bertz CT molecular complexity index is 986. The zero-order valence-corrected chi connectivity index (χ0v) is 16.5. The molecule has 2 unspecified atom stereocenters. The van der Waals surface area contributed by atoms with Crippen LogP contribution in [0.4, 0.5) is 0 Å². The molecule has 0 saturated carbocycles. The van der Waals surface area contributed by atoms with E-state index >= 15 is 0 Å². The molecule has 1 N–H and O–H groups in total. The van der Waals surface area contributed by atoms with Gasteiger partial charge in [0.2, 0.25) is 0 Å². The second-order valence-electron chi connectivity index (χ2n) is 7.54. The van der Waals surface area contributed by atoms with Gasteiger partial charge in [-0.1, -0.05) is 60.2 Å². The highest BCUT2D eigenvalue weighted by molar-refractivity contribution is 5.74. The van der Waals surface area contributed by atoms with E-state index in [-0.39, 0.29) is 6.04 Å². The molecule has 1 aliphatic rings. The second-order valence-corrected chi connectivity index (χ2v) is 7.54. The highest BCUT2D eigenvalue weighted by Crippen LogP contribution is 2.37. The normalized spacial score (nSPS) is 17.8. The van der Waals surface area contributed by atoms with Gasteiger partial charge in [0.1, 0.15) is 17.5 Å². The van der Waals surface area contributed by atoms with E-state index in [2.05, 4.69) is 36.1 Å². The first-order valence-electron chi connectivity index (χ1n) is 10.00. The van der Waals surface area contributed by atoms with Gasteiger partial charge in [-0.2, -0.15) is 0 Å². The Labute approximate surface area is 171 Å². The number of benzene rings is 3. The molecule has 0 aliphatic carbocycles. The fraction of sp³-hybridized carbons (Fsp3) is 0.240. The number of carboxylic acids is 1. The fourth-order valence-electron chi connectivity index (χ4n) is 4.15. The summed E-state index contributed by atoms with van der Waals surface area (Å²) in [5, 5.41) is 9.76. The standard InChI is InChI=1S/C25H25NO3/c1-18-8-5-9-19(16-18)24(26-15-7-14-23(26)25(27)28)20-10-6-13-22(17-20)29-21-11-3-2-4-12-21/h2-6,8-13,16-17,23-24H,7,14-15H2,1H3,(H,27,28). The smallest absolute Gasteiger partial charge is 0.320 e. The largest absolute Gasteiger partial charge is 0.480 e. The summed E-state index contributed by atoms with van der Waals surface area (Å²) in [4.78, 5) is 14.0. The molecule has 0 aromatic heterocycles. The van der Waals surface area contributed by atoms with E-state index in [0.29, 0.717) is 6.42 Å². The molecule has 1 saturated heterocycles. The van der Waals surface area contributed by atoms with E-state index in [9.17, 15) is 9.90 Å². The maximum absolute atomic E-state index is 11.9. The van der Waals surface area contributed by atoms with Crippen molar-refractivity contribution in [2.45, 2.75) is 31.8 Å². The molecule has 0 amide bonds. The summed E-state index contributed by atoms with van der Waals surface area (Å²) >= 11 is 0. The average Bonchev–Trinajstić information content (AvgIpc) is 3.19. The third-order valence-corrected chi connectivity index (χ3v) is 5.42. The summed E-state index contributed by atoms with van der Waals surface area (Å²) in [7, 11) is 0. The minimum absolute atomic E-state index is 0.127. The van der Waals surface area contributed by atoms with Crippen LogP contribution in [0, 0.1) is 6.92 Å². The molecule has 4 heteroatoms. The number of nitrogens with zero attached hydrogens (tertiary/aromatic N) is 1. The topological polar surface area (TPSA) is 49.8 Å². The number of hydrogen-bond acceptors (Lipinski definition) is 3. The minimum Gasteiger partial charge on any atom is -0.480 e. The van der Waals surface area contributed by atoms with Gasteiger partial charge in [0.25, 0.3) is 0 Å². The molecule has 3 aromatic rings. The zero-order chi connectivity index (χ0) is 20.2. The van der Waals surface area contributed by atoms with Crippen LogP contribution >= 0.6 is 0 Å². The van der Waals surface area contributed by atoms with Crippen LogP contribution in [0.2, 0.25) is 0 Å². The summed E-state index contributed by atoms with van der Waals surface area (Å²) in [5.74, 6) is 0.774. The molecule has 2 atom stereocenters. The van der Waals surface area contributed by atoms with Crippen molar-refractivity contribution >= 4 is 5.97 Å². The lowest BCUT2D eigenvalue weighted by molar-refractivity contribution is -0.142. The van der Waals surface area contributed by atoms with Gasteiger partial charge in [-0.05, 0) is 55.2 Å². The van der Waals surface area contributed by atoms with Crippen molar-refractivity contribution in [2.24, 2.45) is 0 Å². The number of para-hydroxylation sites is 1. The van der Waals surface area contributed by atoms with E-state index in [1.807, 2.05) is 54.6 Å². The van der Waals surface area contributed by atoms with Gasteiger partial charge in [0.05, 0.1) is 6.04 Å². The Kier molecular flexibility index (Phi) is 5.63. The van der Waals surface area contributed by atoms with Gasteiger partial charge in [-0.25, -0.2) is 0 Å². The molecule has 1 heterocycles. The number of hydrogen-bond donors (Lipinski definition) is 1. The molecule has 148 valence electrons. The number of ether oxygens (including phenoxy) is 1. The Morgan fingerprint density at radius 1 is 0.966 bits per heavy atom. The number of aryl methyl sites for hydroxylation is 1. The third kappa shape index (κ3) is 4.33. The molecule has 1 aliphatic heterocycles. The third-order valence-electron chi connectivity index (χ3n) is 5.42.